The van der Waals surface area contributed by atoms with Gasteiger partial charge in [0.25, 0.3) is 5.91 Å². The van der Waals surface area contributed by atoms with Crippen molar-refractivity contribution in [2.45, 2.75) is 25.3 Å². The van der Waals surface area contributed by atoms with E-state index in [4.69, 9.17) is 0 Å². The van der Waals surface area contributed by atoms with Gasteiger partial charge in [0.15, 0.2) is 0 Å². The number of aromatic nitrogens is 1. The fourth-order valence-electron chi connectivity index (χ4n) is 3.90. The van der Waals surface area contributed by atoms with E-state index in [1.165, 1.54) is 12.8 Å². The molecular weight excluding hydrogens is 338 g/mol. The highest BCUT2D eigenvalue weighted by molar-refractivity contribution is 5.94. The van der Waals surface area contributed by atoms with E-state index >= 15 is 0 Å². The van der Waals surface area contributed by atoms with Crippen LogP contribution >= 0.6 is 0 Å². The summed E-state index contributed by atoms with van der Waals surface area (Å²) in [6.07, 6.45) is 6.94. The van der Waals surface area contributed by atoms with Gasteiger partial charge >= 0.3 is 0 Å². The lowest BCUT2D eigenvalue weighted by Gasteiger charge is -2.41. The van der Waals surface area contributed by atoms with Gasteiger partial charge in [0.05, 0.1) is 0 Å². The van der Waals surface area contributed by atoms with Gasteiger partial charge in [-0.3, -0.25) is 14.7 Å². The van der Waals surface area contributed by atoms with Gasteiger partial charge in [0, 0.05) is 56.8 Å². The second-order valence-corrected chi connectivity index (χ2v) is 7.67. The molecule has 5 nitrogen and oxygen atoms in total. The van der Waals surface area contributed by atoms with Gasteiger partial charge in [0.2, 0.25) is 0 Å². The van der Waals surface area contributed by atoms with Crippen LogP contribution in [0.15, 0.2) is 48.8 Å². The van der Waals surface area contributed by atoms with Crippen molar-refractivity contribution >= 4 is 5.91 Å². The molecule has 0 radical (unpaired) electrons. The largest absolute Gasteiger partial charge is 0.396 e. The number of hydrogen-bond donors (Lipinski definition) is 1. The first-order chi connectivity index (χ1) is 13.2. The van der Waals surface area contributed by atoms with Crippen LogP contribution in [0, 0.1) is 5.92 Å². The minimum Gasteiger partial charge on any atom is -0.396 e. The average Bonchev–Trinajstić information content (AvgIpc) is 3.54. The second kappa shape index (κ2) is 8.19. The van der Waals surface area contributed by atoms with Gasteiger partial charge < -0.3 is 10.0 Å². The van der Waals surface area contributed by atoms with E-state index in [0.717, 1.165) is 48.7 Å². The fourth-order valence-corrected chi connectivity index (χ4v) is 3.90. The predicted molar refractivity (Wildman–Crippen MR) is 105 cm³/mol. The van der Waals surface area contributed by atoms with E-state index in [1.807, 2.05) is 41.3 Å². The molecule has 1 aliphatic heterocycles. The molecule has 1 aromatic heterocycles. The number of nitrogens with zero attached hydrogens (tertiary/aromatic N) is 3. The zero-order chi connectivity index (χ0) is 18.6. The molecule has 1 aromatic carbocycles. The number of pyridine rings is 1. The molecule has 0 unspecified atom stereocenters. The molecule has 5 heteroatoms. The van der Waals surface area contributed by atoms with Crippen molar-refractivity contribution in [3.05, 3.63) is 54.4 Å². The van der Waals surface area contributed by atoms with Gasteiger partial charge in [-0.15, -0.1) is 0 Å². The number of aliphatic hydroxyl groups excluding tert-OH is 1. The van der Waals surface area contributed by atoms with Gasteiger partial charge in [-0.2, -0.15) is 0 Å². The normalized spacial score (nSPS) is 20.6. The molecule has 1 atom stereocenters. The molecule has 0 spiro atoms. The highest BCUT2D eigenvalue weighted by Crippen LogP contribution is 2.31. The van der Waals surface area contributed by atoms with Crippen molar-refractivity contribution in [2.24, 2.45) is 5.92 Å². The standard InChI is InChI=1S/C22H27N3O2/c26-14-9-21-16-25(13-12-24(21)15-17-1-2-17)22(27)20-5-3-18(4-6-20)19-7-10-23-11-8-19/h3-8,10-11,17,21,26H,1-2,9,12-16H2/t21-/m1/s1. The Morgan fingerprint density at radius 2 is 1.74 bits per heavy atom. The van der Waals surface area contributed by atoms with Gasteiger partial charge in [-0.1, -0.05) is 12.1 Å². The monoisotopic (exact) mass is 365 g/mol. The maximum Gasteiger partial charge on any atom is 0.253 e. The zero-order valence-electron chi connectivity index (χ0n) is 15.6. The zero-order valence-corrected chi connectivity index (χ0v) is 15.6. The number of benzene rings is 1. The third-order valence-corrected chi connectivity index (χ3v) is 5.69. The van der Waals surface area contributed by atoms with Crippen LogP contribution in [-0.2, 0) is 0 Å². The van der Waals surface area contributed by atoms with Crippen molar-refractivity contribution in [2.75, 3.05) is 32.8 Å². The smallest absolute Gasteiger partial charge is 0.253 e. The van der Waals surface area contributed by atoms with E-state index in [9.17, 15) is 9.90 Å². The first-order valence-corrected chi connectivity index (χ1v) is 9.89. The molecular formula is C22H27N3O2. The number of carbonyl (C=O) groups is 1. The van der Waals surface area contributed by atoms with E-state index in [-0.39, 0.29) is 18.6 Å². The number of carbonyl (C=O) groups excluding carboxylic acids is 1. The molecule has 0 bridgehead atoms. The lowest BCUT2D eigenvalue weighted by Crippen LogP contribution is -2.55. The van der Waals surface area contributed by atoms with Crippen molar-refractivity contribution in [3.63, 3.8) is 0 Å². The minimum absolute atomic E-state index is 0.0882. The summed E-state index contributed by atoms with van der Waals surface area (Å²) in [5.74, 6) is 0.916. The number of amides is 1. The van der Waals surface area contributed by atoms with Crippen molar-refractivity contribution in [1.29, 1.82) is 0 Å². The van der Waals surface area contributed by atoms with Crippen LogP contribution in [-0.4, -0.2) is 64.6 Å². The third kappa shape index (κ3) is 4.37. The third-order valence-electron chi connectivity index (χ3n) is 5.69. The molecule has 1 N–H and O–H groups in total. The van der Waals surface area contributed by atoms with E-state index in [1.54, 1.807) is 12.4 Å². The van der Waals surface area contributed by atoms with Crippen LogP contribution in [0.1, 0.15) is 29.6 Å². The molecule has 2 aromatic rings. The highest BCUT2D eigenvalue weighted by Gasteiger charge is 2.33. The van der Waals surface area contributed by atoms with E-state index < -0.39 is 0 Å². The van der Waals surface area contributed by atoms with Crippen LogP contribution < -0.4 is 0 Å². The first-order valence-electron chi connectivity index (χ1n) is 9.89. The van der Waals surface area contributed by atoms with E-state index in [0.29, 0.717) is 6.54 Å². The number of aliphatic hydroxyl groups is 1. The summed E-state index contributed by atoms with van der Waals surface area (Å²) in [4.78, 5) is 21.4. The van der Waals surface area contributed by atoms with Crippen LogP contribution in [0.25, 0.3) is 11.1 Å². The topological polar surface area (TPSA) is 56.7 Å². The number of hydrogen-bond acceptors (Lipinski definition) is 4. The Labute approximate surface area is 160 Å². The second-order valence-electron chi connectivity index (χ2n) is 7.67. The Hall–Kier alpha value is -2.24. The molecule has 2 aliphatic rings. The highest BCUT2D eigenvalue weighted by atomic mass is 16.3. The summed E-state index contributed by atoms with van der Waals surface area (Å²) >= 11 is 0. The molecule has 1 saturated heterocycles. The average molecular weight is 365 g/mol. The Morgan fingerprint density at radius 1 is 1.04 bits per heavy atom. The minimum atomic E-state index is 0.0882. The SMILES string of the molecule is O=C(c1ccc(-c2ccncc2)cc1)N1CCN(CC2CC2)[C@H](CCO)C1. The van der Waals surface area contributed by atoms with Crippen molar-refractivity contribution in [1.82, 2.24) is 14.8 Å². The summed E-state index contributed by atoms with van der Waals surface area (Å²) in [6, 6.07) is 12.0. The molecule has 142 valence electrons. The van der Waals surface area contributed by atoms with Crippen LogP contribution in [0.3, 0.4) is 0 Å². The maximum absolute atomic E-state index is 13.0. The summed E-state index contributed by atoms with van der Waals surface area (Å²) in [5, 5.41) is 9.43. The fraction of sp³-hybridized carbons (Fsp3) is 0.455. The van der Waals surface area contributed by atoms with Crippen LogP contribution in [0.4, 0.5) is 0 Å². The summed E-state index contributed by atoms with van der Waals surface area (Å²) in [6.45, 7) is 3.67. The Morgan fingerprint density at radius 3 is 2.41 bits per heavy atom. The number of rotatable bonds is 6. The molecule has 2 heterocycles. The lowest BCUT2D eigenvalue weighted by molar-refractivity contribution is 0.0407. The van der Waals surface area contributed by atoms with Gasteiger partial charge in [-0.05, 0) is 60.6 Å². The molecule has 27 heavy (non-hydrogen) atoms. The Kier molecular flexibility index (Phi) is 5.50. The van der Waals surface area contributed by atoms with Gasteiger partial charge in [0.1, 0.15) is 0 Å². The molecule has 1 aliphatic carbocycles. The summed E-state index contributed by atoms with van der Waals surface area (Å²) in [5.41, 5.74) is 2.91. The van der Waals surface area contributed by atoms with Crippen molar-refractivity contribution in [3.8, 4) is 11.1 Å². The Balaban J connectivity index is 1.42. The number of piperazine rings is 1. The van der Waals surface area contributed by atoms with Crippen molar-refractivity contribution < 1.29 is 9.90 Å². The summed E-state index contributed by atoms with van der Waals surface area (Å²) < 4.78 is 0. The molecule has 1 amide bonds. The molecule has 2 fully saturated rings. The van der Waals surface area contributed by atoms with Crippen LogP contribution in [0.2, 0.25) is 0 Å². The Bertz CT molecular complexity index is 759. The summed E-state index contributed by atoms with van der Waals surface area (Å²) in [7, 11) is 0. The van der Waals surface area contributed by atoms with Gasteiger partial charge in [-0.25, -0.2) is 0 Å². The maximum atomic E-state index is 13.0. The quantitative estimate of drug-likeness (QED) is 0.855. The van der Waals surface area contributed by atoms with Crippen LogP contribution in [0.5, 0.6) is 0 Å². The molecule has 1 saturated carbocycles. The lowest BCUT2D eigenvalue weighted by atomic mass is 10.0. The first kappa shape index (κ1) is 18.1. The predicted octanol–water partition coefficient (Wildman–Crippen LogP) is 2.67. The van der Waals surface area contributed by atoms with E-state index in [2.05, 4.69) is 9.88 Å². The molecule has 4 rings (SSSR count).